The summed E-state index contributed by atoms with van der Waals surface area (Å²) in [4.78, 5) is 9.16. The van der Waals surface area contributed by atoms with Gasteiger partial charge in [0.05, 0.1) is 18.8 Å². The van der Waals surface area contributed by atoms with Gasteiger partial charge in [0, 0.05) is 11.8 Å². The van der Waals surface area contributed by atoms with Gasteiger partial charge in [-0.2, -0.15) is 0 Å². The van der Waals surface area contributed by atoms with Crippen LogP contribution in [0.2, 0.25) is 0 Å². The quantitative estimate of drug-likeness (QED) is 0.632. The zero-order valence-electron chi connectivity index (χ0n) is 12.7. The zero-order valence-corrected chi connectivity index (χ0v) is 12.7. The summed E-state index contributed by atoms with van der Waals surface area (Å²) < 4.78 is 7.41. The molecule has 0 saturated heterocycles. The summed E-state index contributed by atoms with van der Waals surface area (Å²) in [6, 6.07) is 8.02. The lowest BCUT2D eigenvalue weighted by Crippen LogP contribution is -2.10. The van der Waals surface area contributed by atoms with E-state index in [1.54, 1.807) is 7.11 Å². The molecule has 0 amide bonds. The van der Waals surface area contributed by atoms with Crippen molar-refractivity contribution < 1.29 is 4.74 Å². The van der Waals surface area contributed by atoms with Gasteiger partial charge >= 0.3 is 0 Å². The molecule has 0 fully saturated rings. The van der Waals surface area contributed by atoms with Crippen LogP contribution in [0.4, 0.5) is 0 Å². The summed E-state index contributed by atoms with van der Waals surface area (Å²) in [5, 5.41) is 0. The minimum absolute atomic E-state index is 0.0354. The molecular formula is C16H21N3O. The number of aromatic nitrogens is 2. The van der Waals surface area contributed by atoms with Gasteiger partial charge in [-0.25, -0.2) is 4.98 Å². The number of ether oxygens (including phenoxy) is 1. The Bertz CT molecular complexity index is 628. The molecule has 4 heteroatoms. The van der Waals surface area contributed by atoms with Crippen molar-refractivity contribution in [1.29, 1.82) is 0 Å². The van der Waals surface area contributed by atoms with Crippen LogP contribution in [0.1, 0.15) is 37.0 Å². The number of hydrogen-bond donors (Lipinski definition) is 0. The average molecular weight is 271 g/mol. The van der Waals surface area contributed by atoms with Gasteiger partial charge in [0.15, 0.2) is 0 Å². The first-order valence-electron chi connectivity index (χ1n) is 6.73. The van der Waals surface area contributed by atoms with Crippen LogP contribution in [-0.2, 0) is 0 Å². The van der Waals surface area contributed by atoms with E-state index in [0.29, 0.717) is 0 Å². The first kappa shape index (κ1) is 14.3. The van der Waals surface area contributed by atoms with Gasteiger partial charge in [-0.3, -0.25) is 9.56 Å². The maximum absolute atomic E-state index is 5.39. The van der Waals surface area contributed by atoms with Crippen LogP contribution in [0, 0.1) is 13.8 Å². The molecule has 1 atom stereocenters. The maximum Gasteiger partial charge on any atom is 0.124 e. The van der Waals surface area contributed by atoms with Crippen LogP contribution < -0.4 is 4.74 Å². The number of rotatable bonds is 3. The van der Waals surface area contributed by atoms with Crippen LogP contribution in [0.25, 0.3) is 0 Å². The van der Waals surface area contributed by atoms with Crippen molar-refractivity contribution in [2.45, 2.75) is 33.7 Å². The highest BCUT2D eigenvalue weighted by Crippen LogP contribution is 2.27. The first-order valence-corrected chi connectivity index (χ1v) is 6.73. The second kappa shape index (κ2) is 5.90. The largest absolute Gasteiger partial charge is 0.496 e. The highest BCUT2D eigenvalue weighted by molar-refractivity contribution is 5.82. The van der Waals surface area contributed by atoms with E-state index >= 15 is 0 Å². The number of para-hydroxylation sites is 1. The highest BCUT2D eigenvalue weighted by Gasteiger charge is 2.11. The molecule has 0 aliphatic rings. The third kappa shape index (κ3) is 2.90. The van der Waals surface area contributed by atoms with Crippen molar-refractivity contribution >= 4 is 5.84 Å². The molecule has 0 aliphatic heterocycles. The standard InChI is InChI=1S/C16H21N3O/c1-11-10-19(13(3)17-11)14(4)18-12(2)15-8-6-7-9-16(15)20-5/h6-10,12H,1-5H3. The van der Waals surface area contributed by atoms with Crippen LogP contribution in [-0.4, -0.2) is 22.5 Å². The highest BCUT2D eigenvalue weighted by atomic mass is 16.5. The molecule has 0 spiro atoms. The number of methoxy groups -OCH3 is 1. The molecule has 20 heavy (non-hydrogen) atoms. The summed E-state index contributed by atoms with van der Waals surface area (Å²) in [5.41, 5.74) is 2.09. The molecule has 0 aliphatic carbocycles. The van der Waals surface area contributed by atoms with Gasteiger partial charge in [-0.05, 0) is 33.8 Å². The third-order valence-electron chi connectivity index (χ3n) is 3.32. The van der Waals surface area contributed by atoms with Crippen molar-refractivity contribution in [3.8, 4) is 5.75 Å². The van der Waals surface area contributed by atoms with Gasteiger partial charge in [0.1, 0.15) is 17.4 Å². The molecule has 1 aromatic heterocycles. The number of hydrogen-bond acceptors (Lipinski definition) is 3. The monoisotopic (exact) mass is 271 g/mol. The lowest BCUT2D eigenvalue weighted by molar-refractivity contribution is 0.407. The molecule has 106 valence electrons. The summed E-state index contributed by atoms with van der Waals surface area (Å²) in [5.74, 6) is 2.76. The lowest BCUT2D eigenvalue weighted by atomic mass is 10.1. The van der Waals surface area contributed by atoms with E-state index in [2.05, 4.69) is 11.9 Å². The lowest BCUT2D eigenvalue weighted by Gasteiger charge is -2.13. The molecule has 0 radical (unpaired) electrons. The Morgan fingerprint density at radius 1 is 1.30 bits per heavy atom. The SMILES string of the molecule is COc1ccccc1C(C)N=C(C)n1cc(C)nc1C. The van der Waals surface area contributed by atoms with E-state index < -0.39 is 0 Å². The number of imidazole rings is 1. The molecule has 2 rings (SSSR count). The molecule has 1 aromatic carbocycles. The Morgan fingerprint density at radius 3 is 2.60 bits per heavy atom. The van der Waals surface area contributed by atoms with E-state index in [4.69, 9.17) is 9.73 Å². The molecule has 2 aromatic rings. The predicted molar refractivity (Wildman–Crippen MR) is 81.6 cm³/mol. The van der Waals surface area contributed by atoms with Gasteiger partial charge in [0.2, 0.25) is 0 Å². The number of nitrogens with zero attached hydrogens (tertiary/aromatic N) is 3. The number of aliphatic imine (C=N–C) groups is 1. The van der Waals surface area contributed by atoms with E-state index in [9.17, 15) is 0 Å². The number of benzene rings is 1. The van der Waals surface area contributed by atoms with Crippen LogP contribution in [0.3, 0.4) is 0 Å². The minimum atomic E-state index is 0.0354. The van der Waals surface area contributed by atoms with E-state index in [0.717, 1.165) is 28.7 Å². The Balaban J connectivity index is 2.32. The Labute approximate surface area is 120 Å². The summed E-state index contributed by atoms with van der Waals surface area (Å²) >= 11 is 0. The fourth-order valence-corrected chi connectivity index (χ4v) is 2.37. The molecule has 1 unspecified atom stereocenters. The Morgan fingerprint density at radius 2 is 2.00 bits per heavy atom. The second-order valence-electron chi connectivity index (χ2n) is 4.89. The van der Waals surface area contributed by atoms with Gasteiger partial charge in [0.25, 0.3) is 0 Å². The summed E-state index contributed by atoms with van der Waals surface area (Å²) in [6.45, 7) is 8.04. The van der Waals surface area contributed by atoms with Gasteiger partial charge in [-0.15, -0.1) is 0 Å². The molecule has 0 N–H and O–H groups in total. The fourth-order valence-electron chi connectivity index (χ4n) is 2.37. The Hall–Kier alpha value is -2.10. The maximum atomic E-state index is 5.39. The molecule has 0 saturated carbocycles. The minimum Gasteiger partial charge on any atom is -0.496 e. The summed E-state index contributed by atoms with van der Waals surface area (Å²) in [7, 11) is 1.69. The second-order valence-corrected chi connectivity index (χ2v) is 4.89. The zero-order chi connectivity index (χ0) is 14.7. The molecule has 0 bridgehead atoms. The van der Waals surface area contributed by atoms with Crippen molar-refractivity contribution in [3.63, 3.8) is 0 Å². The van der Waals surface area contributed by atoms with Crippen molar-refractivity contribution in [1.82, 2.24) is 9.55 Å². The van der Waals surface area contributed by atoms with Crippen molar-refractivity contribution in [2.75, 3.05) is 7.11 Å². The molecule has 4 nitrogen and oxygen atoms in total. The van der Waals surface area contributed by atoms with Crippen LogP contribution in [0.5, 0.6) is 5.75 Å². The molecular weight excluding hydrogens is 250 g/mol. The Kier molecular flexibility index (Phi) is 4.23. The summed E-state index contributed by atoms with van der Waals surface area (Å²) in [6.07, 6.45) is 2.00. The van der Waals surface area contributed by atoms with E-state index in [-0.39, 0.29) is 6.04 Å². The fraction of sp³-hybridized carbons (Fsp3) is 0.375. The van der Waals surface area contributed by atoms with Crippen LogP contribution in [0.15, 0.2) is 35.5 Å². The predicted octanol–water partition coefficient (Wildman–Crippen LogP) is 3.54. The topological polar surface area (TPSA) is 39.4 Å². The molecule has 1 heterocycles. The number of aryl methyl sites for hydroxylation is 2. The third-order valence-corrected chi connectivity index (χ3v) is 3.32. The van der Waals surface area contributed by atoms with Crippen LogP contribution >= 0.6 is 0 Å². The van der Waals surface area contributed by atoms with Crippen molar-refractivity contribution in [3.05, 3.63) is 47.5 Å². The van der Waals surface area contributed by atoms with Crippen molar-refractivity contribution in [2.24, 2.45) is 4.99 Å². The van der Waals surface area contributed by atoms with Gasteiger partial charge < -0.3 is 4.74 Å². The van der Waals surface area contributed by atoms with Gasteiger partial charge in [-0.1, -0.05) is 18.2 Å². The normalized spacial score (nSPS) is 13.3. The van der Waals surface area contributed by atoms with E-state index in [1.807, 2.05) is 55.8 Å². The van der Waals surface area contributed by atoms with E-state index in [1.165, 1.54) is 0 Å². The average Bonchev–Trinajstić information content (AvgIpc) is 2.77. The smallest absolute Gasteiger partial charge is 0.124 e. The first-order chi connectivity index (χ1) is 9.52.